The van der Waals surface area contributed by atoms with Crippen LogP contribution in [0.5, 0.6) is 0 Å². The number of hydrogen-bond acceptors (Lipinski definition) is 7. The zero-order chi connectivity index (χ0) is 24.6. The Morgan fingerprint density at radius 1 is 1.14 bits per heavy atom. The first-order chi connectivity index (χ1) is 16.8. The Labute approximate surface area is 211 Å². The van der Waals surface area contributed by atoms with Gasteiger partial charge in [-0.05, 0) is 88.2 Å². The second kappa shape index (κ2) is 9.48. The van der Waals surface area contributed by atoms with Crippen molar-refractivity contribution < 1.29 is 0 Å². The lowest BCUT2D eigenvalue weighted by Gasteiger charge is -2.34. The largest absolute Gasteiger partial charge is 0.324 e. The van der Waals surface area contributed by atoms with Gasteiger partial charge in [-0.2, -0.15) is 15.3 Å². The molecule has 2 aromatic heterocycles. The number of likely N-dealkylation sites (tertiary alicyclic amines) is 1. The van der Waals surface area contributed by atoms with Gasteiger partial charge in [0.2, 0.25) is 5.95 Å². The summed E-state index contributed by atoms with van der Waals surface area (Å²) < 4.78 is 0. The molecule has 1 saturated carbocycles. The molecule has 3 heterocycles. The quantitative estimate of drug-likeness (QED) is 0.387. The molecule has 0 spiro atoms. The number of anilines is 4. The summed E-state index contributed by atoms with van der Waals surface area (Å²) in [4.78, 5) is 11.4. The van der Waals surface area contributed by atoms with Crippen LogP contribution in [0.2, 0.25) is 5.02 Å². The van der Waals surface area contributed by atoms with Crippen LogP contribution in [0, 0.1) is 37.5 Å². The molecule has 9 heteroatoms. The first-order valence-electron chi connectivity index (χ1n) is 12.2. The summed E-state index contributed by atoms with van der Waals surface area (Å²) in [6.07, 6.45) is 5.98. The van der Waals surface area contributed by atoms with E-state index < -0.39 is 0 Å². The third-order valence-corrected chi connectivity index (χ3v) is 7.48. The van der Waals surface area contributed by atoms with Crippen molar-refractivity contribution in [2.24, 2.45) is 5.41 Å². The van der Waals surface area contributed by atoms with E-state index >= 15 is 0 Å². The van der Waals surface area contributed by atoms with Crippen LogP contribution in [-0.2, 0) is 0 Å². The van der Waals surface area contributed by atoms with E-state index in [1.165, 1.54) is 11.1 Å². The summed E-state index contributed by atoms with van der Waals surface area (Å²) in [6.45, 7) is 9.30. The van der Waals surface area contributed by atoms with Gasteiger partial charge in [0, 0.05) is 24.0 Å². The summed E-state index contributed by atoms with van der Waals surface area (Å²) >= 11 is 6.30. The normalized spacial score (nSPS) is 17.7. The fraction of sp³-hybridized carbons (Fsp3) is 0.462. The molecule has 0 unspecified atom stereocenters. The summed E-state index contributed by atoms with van der Waals surface area (Å²) in [5, 5.41) is 23.4. The molecular formula is C26H31ClN8. The number of aryl methyl sites for hydroxylation is 3. The predicted octanol–water partition coefficient (Wildman–Crippen LogP) is 5.75. The van der Waals surface area contributed by atoms with Gasteiger partial charge in [0.25, 0.3) is 0 Å². The second-order valence-electron chi connectivity index (χ2n) is 10.0. The lowest BCUT2D eigenvalue weighted by atomic mass is 9.85. The highest BCUT2D eigenvalue weighted by molar-refractivity contribution is 6.32. The van der Waals surface area contributed by atoms with Crippen LogP contribution < -0.4 is 10.6 Å². The van der Waals surface area contributed by atoms with Crippen LogP contribution in [0.1, 0.15) is 54.0 Å². The Balaban J connectivity index is 1.26. The van der Waals surface area contributed by atoms with Gasteiger partial charge in [-0.25, -0.2) is 4.98 Å². The van der Waals surface area contributed by atoms with Crippen molar-refractivity contribution in [2.45, 2.75) is 52.4 Å². The Kier molecular flexibility index (Phi) is 6.39. The number of benzene rings is 1. The van der Waals surface area contributed by atoms with Crippen molar-refractivity contribution in [3.05, 3.63) is 51.8 Å². The highest BCUT2D eigenvalue weighted by Crippen LogP contribution is 2.46. The molecule has 1 aromatic carbocycles. The van der Waals surface area contributed by atoms with Gasteiger partial charge in [0.1, 0.15) is 5.02 Å². The number of nitrogens with one attached hydrogen (secondary N) is 3. The van der Waals surface area contributed by atoms with Crippen molar-refractivity contribution in [3.63, 3.8) is 0 Å². The topological polar surface area (TPSA) is 106 Å². The van der Waals surface area contributed by atoms with E-state index in [1.807, 2.05) is 13.0 Å². The predicted molar refractivity (Wildman–Crippen MR) is 139 cm³/mol. The van der Waals surface area contributed by atoms with Gasteiger partial charge in [-0.15, -0.1) is 0 Å². The maximum atomic E-state index is 9.41. The molecule has 5 rings (SSSR count). The standard InChI is InChI=1S/C26H31ClN8/c1-16-11-22(30-25-29-13-21(27)24(32-25)31-23-12-18(3)33-34-23)17(2)10-20(16)19-4-8-35(9-5-19)15-26(14-28)6-7-26/h10-13,19H,4-9,15H2,1-3H3,(H3,29,30,31,32,33,34). The number of rotatable bonds is 7. The summed E-state index contributed by atoms with van der Waals surface area (Å²) in [6, 6.07) is 8.91. The van der Waals surface area contributed by atoms with E-state index in [4.69, 9.17) is 11.6 Å². The summed E-state index contributed by atoms with van der Waals surface area (Å²) in [7, 11) is 0. The molecule has 182 valence electrons. The molecule has 1 saturated heterocycles. The van der Waals surface area contributed by atoms with Crippen molar-refractivity contribution >= 4 is 34.9 Å². The molecule has 35 heavy (non-hydrogen) atoms. The van der Waals surface area contributed by atoms with Crippen molar-refractivity contribution in [2.75, 3.05) is 30.3 Å². The van der Waals surface area contributed by atoms with Gasteiger partial charge in [-0.3, -0.25) is 5.10 Å². The first kappa shape index (κ1) is 23.6. The van der Waals surface area contributed by atoms with Crippen LogP contribution in [0.3, 0.4) is 0 Å². The van der Waals surface area contributed by atoms with Crippen molar-refractivity contribution in [1.82, 2.24) is 25.1 Å². The Hall–Kier alpha value is -3.15. The van der Waals surface area contributed by atoms with Crippen LogP contribution in [0.25, 0.3) is 0 Å². The number of hydrogen-bond donors (Lipinski definition) is 3. The molecule has 1 aliphatic heterocycles. The van der Waals surface area contributed by atoms with Crippen LogP contribution in [-0.4, -0.2) is 44.7 Å². The maximum absolute atomic E-state index is 9.41. The van der Waals surface area contributed by atoms with Gasteiger partial charge in [0.05, 0.1) is 17.7 Å². The van der Waals surface area contributed by atoms with Gasteiger partial charge in [0.15, 0.2) is 11.6 Å². The molecule has 8 nitrogen and oxygen atoms in total. The summed E-state index contributed by atoms with van der Waals surface area (Å²) in [5.74, 6) is 2.17. The van der Waals surface area contributed by atoms with E-state index in [9.17, 15) is 5.26 Å². The number of nitriles is 1. The lowest BCUT2D eigenvalue weighted by molar-refractivity contribution is 0.190. The van der Waals surface area contributed by atoms with Gasteiger partial charge >= 0.3 is 0 Å². The molecule has 2 fully saturated rings. The molecule has 0 radical (unpaired) electrons. The SMILES string of the molecule is Cc1cc(Nc2nc(Nc3cc(C)c(C4CCN(CC5(C#N)CC5)CC4)cc3C)ncc2Cl)n[nH]1. The van der Waals surface area contributed by atoms with Gasteiger partial charge in [-0.1, -0.05) is 17.7 Å². The minimum atomic E-state index is -0.0527. The molecule has 2 aliphatic rings. The van der Waals surface area contributed by atoms with E-state index in [0.717, 1.165) is 62.3 Å². The average molecular weight is 491 g/mol. The van der Waals surface area contributed by atoms with E-state index in [0.29, 0.717) is 28.5 Å². The van der Waals surface area contributed by atoms with Crippen molar-refractivity contribution in [1.29, 1.82) is 5.26 Å². The molecule has 3 N–H and O–H groups in total. The van der Waals surface area contributed by atoms with E-state index in [-0.39, 0.29) is 5.41 Å². The average Bonchev–Trinajstić information content (AvgIpc) is 3.50. The Morgan fingerprint density at radius 2 is 1.91 bits per heavy atom. The molecule has 3 aromatic rings. The summed E-state index contributed by atoms with van der Waals surface area (Å²) in [5.41, 5.74) is 5.72. The molecule has 0 atom stereocenters. The third-order valence-electron chi connectivity index (χ3n) is 7.20. The molecular weight excluding hydrogens is 460 g/mol. The smallest absolute Gasteiger partial charge is 0.229 e. The number of halogens is 1. The lowest BCUT2D eigenvalue weighted by Crippen LogP contribution is -2.37. The number of piperidine rings is 1. The number of aromatic nitrogens is 4. The first-order valence-corrected chi connectivity index (χ1v) is 12.6. The number of H-pyrrole nitrogens is 1. The second-order valence-corrected chi connectivity index (χ2v) is 10.4. The molecule has 0 amide bonds. The molecule has 0 bridgehead atoms. The van der Waals surface area contributed by atoms with E-state index in [1.54, 1.807) is 6.20 Å². The van der Waals surface area contributed by atoms with E-state index in [2.05, 4.69) is 67.7 Å². The maximum Gasteiger partial charge on any atom is 0.229 e. The number of aromatic amines is 1. The fourth-order valence-corrected chi connectivity index (χ4v) is 5.08. The highest BCUT2D eigenvalue weighted by Gasteiger charge is 2.44. The zero-order valence-electron chi connectivity index (χ0n) is 20.5. The van der Waals surface area contributed by atoms with Crippen molar-refractivity contribution in [3.8, 4) is 6.07 Å². The molecule has 1 aliphatic carbocycles. The Morgan fingerprint density at radius 3 is 2.57 bits per heavy atom. The zero-order valence-corrected chi connectivity index (χ0v) is 21.2. The fourth-order valence-electron chi connectivity index (χ4n) is 4.94. The highest BCUT2D eigenvalue weighted by atomic mass is 35.5. The van der Waals surface area contributed by atoms with Crippen LogP contribution in [0.15, 0.2) is 24.4 Å². The van der Waals surface area contributed by atoms with Crippen LogP contribution in [0.4, 0.5) is 23.3 Å². The minimum Gasteiger partial charge on any atom is -0.324 e. The number of nitrogens with zero attached hydrogens (tertiary/aromatic N) is 5. The minimum absolute atomic E-state index is 0.0527. The van der Waals surface area contributed by atoms with Gasteiger partial charge < -0.3 is 15.5 Å². The third kappa shape index (κ3) is 5.26. The monoisotopic (exact) mass is 490 g/mol. The van der Waals surface area contributed by atoms with Crippen LogP contribution >= 0.6 is 11.6 Å². The Bertz CT molecular complexity index is 1260.